The summed E-state index contributed by atoms with van der Waals surface area (Å²) in [6.45, 7) is 0.530. The van der Waals surface area contributed by atoms with E-state index in [-0.39, 0.29) is 12.3 Å². The van der Waals surface area contributed by atoms with Gasteiger partial charge < -0.3 is 14.4 Å². The van der Waals surface area contributed by atoms with Gasteiger partial charge in [-0.3, -0.25) is 4.79 Å². The minimum Gasteiger partial charge on any atom is -0.493 e. The third-order valence-corrected chi connectivity index (χ3v) is 5.47. The topological polar surface area (TPSA) is 51.7 Å². The quantitative estimate of drug-likeness (QED) is 0.561. The number of ether oxygens (including phenoxy) is 2. The van der Waals surface area contributed by atoms with Crippen LogP contribution in [-0.2, 0) is 17.8 Å². The molecule has 0 atom stereocenters. The molecule has 0 bridgehead atoms. The van der Waals surface area contributed by atoms with Gasteiger partial charge in [0.15, 0.2) is 11.5 Å². The maximum Gasteiger partial charge on any atom is 0.228 e. The van der Waals surface area contributed by atoms with Gasteiger partial charge in [-0.2, -0.15) is 0 Å². The third-order valence-electron chi connectivity index (χ3n) is 4.27. The van der Waals surface area contributed by atoms with Crippen molar-refractivity contribution < 1.29 is 14.3 Å². The number of hydrogen-bond acceptors (Lipinski definition) is 5. The Bertz CT molecular complexity index is 957. The highest BCUT2D eigenvalue weighted by molar-refractivity contribution is 7.13. The van der Waals surface area contributed by atoms with Crippen LogP contribution in [-0.4, -0.2) is 37.1 Å². The Balaban J connectivity index is 1.66. The van der Waals surface area contributed by atoms with Crippen LogP contribution in [0.25, 0.3) is 10.6 Å². The fourth-order valence-electron chi connectivity index (χ4n) is 2.73. The number of benzene rings is 2. The highest BCUT2D eigenvalue weighted by atomic mass is 35.5. The summed E-state index contributed by atoms with van der Waals surface area (Å²) >= 11 is 7.41. The maximum atomic E-state index is 12.5. The van der Waals surface area contributed by atoms with Gasteiger partial charge in [-0.05, 0) is 35.9 Å². The molecule has 0 aliphatic rings. The summed E-state index contributed by atoms with van der Waals surface area (Å²) in [5, 5.41) is 3.44. The number of rotatable bonds is 7. The first-order valence-electron chi connectivity index (χ1n) is 8.65. The van der Waals surface area contributed by atoms with Crippen molar-refractivity contribution in [2.24, 2.45) is 0 Å². The molecule has 0 saturated heterocycles. The van der Waals surface area contributed by atoms with E-state index in [2.05, 4.69) is 4.98 Å². The normalized spacial score (nSPS) is 10.6. The summed E-state index contributed by atoms with van der Waals surface area (Å²) in [5.74, 6) is 1.33. The molecule has 3 rings (SSSR count). The summed E-state index contributed by atoms with van der Waals surface area (Å²) in [6, 6.07) is 13.2. The molecule has 1 amide bonds. The van der Waals surface area contributed by atoms with E-state index in [1.54, 1.807) is 26.2 Å². The molecule has 0 aliphatic heterocycles. The van der Waals surface area contributed by atoms with Gasteiger partial charge in [0.25, 0.3) is 0 Å². The van der Waals surface area contributed by atoms with E-state index in [9.17, 15) is 4.79 Å². The Labute approximate surface area is 173 Å². The zero-order valence-electron chi connectivity index (χ0n) is 15.9. The lowest BCUT2D eigenvalue weighted by Gasteiger charge is -2.16. The minimum atomic E-state index is 0.0131. The molecule has 0 aliphatic carbocycles. The molecule has 0 radical (unpaired) electrons. The molecule has 0 N–H and O–H groups in total. The van der Waals surface area contributed by atoms with Gasteiger partial charge in [0.2, 0.25) is 5.91 Å². The molecule has 1 aromatic heterocycles. The van der Waals surface area contributed by atoms with E-state index in [1.165, 1.54) is 11.3 Å². The van der Waals surface area contributed by atoms with Crippen LogP contribution in [0.15, 0.2) is 47.8 Å². The lowest BCUT2D eigenvalue weighted by molar-refractivity contribution is -0.129. The van der Waals surface area contributed by atoms with Crippen molar-refractivity contribution in [3.05, 3.63) is 64.1 Å². The molecular formula is C21H21ClN2O3S. The van der Waals surface area contributed by atoms with Crippen molar-refractivity contribution >= 4 is 28.8 Å². The number of carbonyl (C=O) groups is 1. The number of halogens is 1. The molecule has 0 spiro atoms. The summed E-state index contributed by atoms with van der Waals surface area (Å²) in [6.07, 6.45) is 0.258. The monoisotopic (exact) mass is 416 g/mol. The number of likely N-dealkylation sites (N-methyl/N-ethyl adjacent to an activating group) is 1. The van der Waals surface area contributed by atoms with E-state index in [1.807, 2.05) is 47.8 Å². The first-order chi connectivity index (χ1) is 13.5. The molecule has 7 heteroatoms. The van der Waals surface area contributed by atoms with Gasteiger partial charge in [0.1, 0.15) is 5.01 Å². The molecule has 0 fully saturated rings. The van der Waals surface area contributed by atoms with Crippen LogP contribution < -0.4 is 9.47 Å². The van der Waals surface area contributed by atoms with Crippen molar-refractivity contribution in [3.8, 4) is 22.1 Å². The second kappa shape index (κ2) is 9.08. The van der Waals surface area contributed by atoms with Crippen molar-refractivity contribution in [1.29, 1.82) is 0 Å². The highest BCUT2D eigenvalue weighted by Gasteiger charge is 2.14. The van der Waals surface area contributed by atoms with Gasteiger partial charge in [0, 0.05) is 29.6 Å². The summed E-state index contributed by atoms with van der Waals surface area (Å²) in [5.41, 5.74) is 2.71. The van der Waals surface area contributed by atoms with Crippen molar-refractivity contribution in [1.82, 2.24) is 9.88 Å². The molecular weight excluding hydrogens is 396 g/mol. The number of aromatic nitrogens is 1. The highest BCUT2D eigenvalue weighted by Crippen LogP contribution is 2.33. The number of nitrogens with zero attached hydrogens (tertiary/aromatic N) is 2. The molecule has 5 nitrogen and oxygen atoms in total. The zero-order valence-corrected chi connectivity index (χ0v) is 17.5. The number of methoxy groups -OCH3 is 2. The van der Waals surface area contributed by atoms with Crippen LogP contribution in [0.5, 0.6) is 11.5 Å². The van der Waals surface area contributed by atoms with E-state index in [0.717, 1.165) is 21.8 Å². The fraction of sp³-hybridized carbons (Fsp3) is 0.238. The Kier molecular flexibility index (Phi) is 6.54. The lowest BCUT2D eigenvalue weighted by atomic mass is 10.2. The number of amides is 1. The second-order valence-electron chi connectivity index (χ2n) is 6.27. The van der Waals surface area contributed by atoms with E-state index < -0.39 is 0 Å². The Morgan fingerprint density at radius 1 is 1.11 bits per heavy atom. The van der Waals surface area contributed by atoms with Crippen LogP contribution in [0.3, 0.4) is 0 Å². The average Bonchev–Trinajstić information content (AvgIpc) is 3.17. The Morgan fingerprint density at radius 3 is 2.50 bits per heavy atom. The van der Waals surface area contributed by atoms with E-state index in [0.29, 0.717) is 23.1 Å². The third kappa shape index (κ3) is 4.82. The first-order valence-corrected chi connectivity index (χ1v) is 9.91. The molecule has 0 unspecified atom stereocenters. The standard InChI is InChI=1S/C21H21ClN2O3S/c1-24(12-14-4-7-16(22)8-5-14)20(25)11-17-13-28-21(23-17)15-6-9-18(26-2)19(10-15)27-3/h4-10,13H,11-12H2,1-3H3. The Hall–Kier alpha value is -2.57. The molecule has 146 valence electrons. The fourth-order valence-corrected chi connectivity index (χ4v) is 3.67. The van der Waals surface area contributed by atoms with Gasteiger partial charge in [0.05, 0.1) is 26.3 Å². The van der Waals surface area contributed by atoms with Crippen molar-refractivity contribution in [2.45, 2.75) is 13.0 Å². The molecule has 0 saturated carbocycles. The first kappa shape index (κ1) is 20.2. The smallest absolute Gasteiger partial charge is 0.228 e. The van der Waals surface area contributed by atoms with Crippen molar-refractivity contribution in [2.75, 3.05) is 21.3 Å². The molecule has 2 aromatic carbocycles. The predicted molar refractivity (Wildman–Crippen MR) is 112 cm³/mol. The van der Waals surface area contributed by atoms with Gasteiger partial charge >= 0.3 is 0 Å². The average molecular weight is 417 g/mol. The summed E-state index contributed by atoms with van der Waals surface area (Å²) < 4.78 is 10.6. The van der Waals surface area contributed by atoms with Crippen molar-refractivity contribution in [3.63, 3.8) is 0 Å². The Morgan fingerprint density at radius 2 is 1.82 bits per heavy atom. The van der Waals surface area contributed by atoms with Crippen LogP contribution in [0, 0.1) is 0 Å². The zero-order chi connectivity index (χ0) is 20.1. The van der Waals surface area contributed by atoms with Crippen LogP contribution in [0.1, 0.15) is 11.3 Å². The van der Waals surface area contributed by atoms with Crippen LogP contribution in [0.4, 0.5) is 0 Å². The van der Waals surface area contributed by atoms with Crippen LogP contribution >= 0.6 is 22.9 Å². The second-order valence-corrected chi connectivity index (χ2v) is 7.56. The number of thiazole rings is 1. The van der Waals surface area contributed by atoms with E-state index >= 15 is 0 Å². The van der Waals surface area contributed by atoms with Gasteiger partial charge in [-0.1, -0.05) is 23.7 Å². The molecule has 3 aromatic rings. The molecule has 1 heterocycles. The van der Waals surface area contributed by atoms with Gasteiger partial charge in [-0.15, -0.1) is 11.3 Å². The minimum absolute atomic E-state index is 0.0131. The number of carbonyl (C=O) groups excluding carboxylic acids is 1. The summed E-state index contributed by atoms with van der Waals surface area (Å²) in [4.78, 5) is 18.8. The summed E-state index contributed by atoms with van der Waals surface area (Å²) in [7, 11) is 4.99. The lowest BCUT2D eigenvalue weighted by Crippen LogP contribution is -2.27. The van der Waals surface area contributed by atoms with Crippen LogP contribution in [0.2, 0.25) is 5.02 Å². The van der Waals surface area contributed by atoms with Gasteiger partial charge in [-0.25, -0.2) is 4.98 Å². The molecule has 28 heavy (non-hydrogen) atoms. The predicted octanol–water partition coefficient (Wildman–Crippen LogP) is 4.68. The maximum absolute atomic E-state index is 12.5. The SMILES string of the molecule is COc1ccc(-c2nc(CC(=O)N(C)Cc3ccc(Cl)cc3)cs2)cc1OC. The number of hydrogen-bond donors (Lipinski definition) is 0. The largest absolute Gasteiger partial charge is 0.493 e. The van der Waals surface area contributed by atoms with E-state index in [4.69, 9.17) is 21.1 Å².